The van der Waals surface area contributed by atoms with Crippen LogP contribution >= 0.6 is 0 Å². The van der Waals surface area contributed by atoms with E-state index in [2.05, 4.69) is 4.98 Å². The van der Waals surface area contributed by atoms with Crippen LogP contribution in [0, 0.1) is 0 Å². The number of aromatic carboxylic acids is 1. The fourth-order valence-electron chi connectivity index (χ4n) is 2.02. The molecule has 1 aromatic heterocycles. The number of carbonyl (C=O) groups is 1. The zero-order chi connectivity index (χ0) is 11.0. The lowest BCUT2D eigenvalue weighted by Gasteiger charge is -2.20. The summed E-state index contributed by atoms with van der Waals surface area (Å²) in [5, 5.41) is 18.6. The number of carboxylic acid groups (broad SMARTS) is 1. The van der Waals surface area contributed by atoms with Crippen molar-refractivity contribution in [2.45, 2.75) is 38.8 Å². The minimum Gasteiger partial charge on any atom is -0.477 e. The molecule has 2 N–H and O–H groups in total. The predicted octanol–water partition coefficient (Wildman–Crippen LogP) is 0.451. The second kappa shape index (κ2) is 3.66. The number of aromatic nitrogens is 2. The third-order valence-corrected chi connectivity index (χ3v) is 2.75. The summed E-state index contributed by atoms with van der Waals surface area (Å²) in [6.07, 6.45) is 1.48. The van der Waals surface area contributed by atoms with Crippen LogP contribution in [-0.4, -0.2) is 31.8 Å². The van der Waals surface area contributed by atoms with Gasteiger partial charge in [0.2, 0.25) is 0 Å². The number of aliphatic hydroxyl groups is 1. The Balaban J connectivity index is 2.50. The van der Waals surface area contributed by atoms with E-state index in [1.165, 1.54) is 0 Å². The third kappa shape index (κ3) is 1.63. The number of hydrogen-bond donors (Lipinski definition) is 2. The summed E-state index contributed by atoms with van der Waals surface area (Å²) >= 11 is 0. The van der Waals surface area contributed by atoms with E-state index < -0.39 is 12.1 Å². The molecule has 82 valence electrons. The van der Waals surface area contributed by atoms with Crippen LogP contribution in [0.15, 0.2) is 0 Å². The molecule has 0 bridgehead atoms. The van der Waals surface area contributed by atoms with Crippen molar-refractivity contribution in [1.29, 1.82) is 0 Å². The van der Waals surface area contributed by atoms with E-state index in [-0.39, 0.29) is 5.69 Å². The molecule has 0 aliphatic carbocycles. The van der Waals surface area contributed by atoms with E-state index in [0.717, 1.165) is 5.82 Å². The summed E-state index contributed by atoms with van der Waals surface area (Å²) < 4.78 is 1.63. The Morgan fingerprint density at radius 2 is 2.40 bits per heavy atom. The van der Waals surface area contributed by atoms with Gasteiger partial charge in [0, 0.05) is 6.42 Å². The number of hydrogen-bond acceptors (Lipinski definition) is 3. The monoisotopic (exact) mass is 210 g/mol. The maximum absolute atomic E-state index is 11.1. The SMILES string of the molecule is CCc1nc2n(c1C(=O)O)C[C@H](O)CC2. The topological polar surface area (TPSA) is 75.4 Å². The van der Waals surface area contributed by atoms with Gasteiger partial charge in [-0.15, -0.1) is 0 Å². The van der Waals surface area contributed by atoms with Gasteiger partial charge in [-0.05, 0) is 12.8 Å². The van der Waals surface area contributed by atoms with Gasteiger partial charge in [0.15, 0.2) is 5.69 Å². The van der Waals surface area contributed by atoms with Crippen molar-refractivity contribution < 1.29 is 15.0 Å². The van der Waals surface area contributed by atoms with Gasteiger partial charge in [-0.2, -0.15) is 0 Å². The van der Waals surface area contributed by atoms with Gasteiger partial charge in [-0.25, -0.2) is 9.78 Å². The molecule has 1 aliphatic rings. The lowest BCUT2D eigenvalue weighted by atomic mass is 10.1. The summed E-state index contributed by atoms with van der Waals surface area (Å²) in [6.45, 7) is 2.24. The Kier molecular flexibility index (Phi) is 2.48. The first-order chi connectivity index (χ1) is 7.13. The van der Waals surface area contributed by atoms with Gasteiger partial charge < -0.3 is 14.8 Å². The first-order valence-corrected chi connectivity index (χ1v) is 5.13. The maximum atomic E-state index is 11.1. The zero-order valence-electron chi connectivity index (χ0n) is 8.60. The van der Waals surface area contributed by atoms with Crippen LogP contribution in [0.3, 0.4) is 0 Å². The van der Waals surface area contributed by atoms with E-state index in [4.69, 9.17) is 5.11 Å². The largest absolute Gasteiger partial charge is 0.477 e. The van der Waals surface area contributed by atoms with Crippen molar-refractivity contribution in [3.05, 3.63) is 17.2 Å². The van der Waals surface area contributed by atoms with Crippen LogP contribution in [0.25, 0.3) is 0 Å². The summed E-state index contributed by atoms with van der Waals surface area (Å²) in [5.41, 5.74) is 0.859. The number of aliphatic hydroxyl groups excluding tert-OH is 1. The number of carboxylic acids is 1. The molecule has 0 amide bonds. The second-order valence-corrected chi connectivity index (χ2v) is 3.79. The molecule has 5 nitrogen and oxygen atoms in total. The van der Waals surface area contributed by atoms with E-state index in [1.807, 2.05) is 6.92 Å². The van der Waals surface area contributed by atoms with Crippen LogP contribution in [0.2, 0.25) is 0 Å². The molecule has 0 radical (unpaired) electrons. The fourth-order valence-corrected chi connectivity index (χ4v) is 2.02. The highest BCUT2D eigenvalue weighted by atomic mass is 16.4. The molecule has 0 aromatic carbocycles. The van der Waals surface area contributed by atoms with Crippen LogP contribution in [-0.2, 0) is 19.4 Å². The number of rotatable bonds is 2. The molecule has 1 aliphatic heterocycles. The smallest absolute Gasteiger partial charge is 0.354 e. The van der Waals surface area contributed by atoms with Crippen LogP contribution in [0.5, 0.6) is 0 Å². The van der Waals surface area contributed by atoms with Gasteiger partial charge in [0.1, 0.15) is 5.82 Å². The molecular weight excluding hydrogens is 196 g/mol. The van der Waals surface area contributed by atoms with Crippen LogP contribution in [0.4, 0.5) is 0 Å². The molecule has 2 heterocycles. The quantitative estimate of drug-likeness (QED) is 0.743. The lowest BCUT2D eigenvalue weighted by Crippen LogP contribution is -2.26. The minimum absolute atomic E-state index is 0.242. The molecule has 15 heavy (non-hydrogen) atoms. The van der Waals surface area contributed by atoms with Crippen LogP contribution < -0.4 is 0 Å². The van der Waals surface area contributed by atoms with Gasteiger partial charge in [0.05, 0.1) is 18.3 Å². The van der Waals surface area contributed by atoms with E-state index in [1.54, 1.807) is 4.57 Å². The van der Waals surface area contributed by atoms with Crippen LogP contribution in [0.1, 0.15) is 35.4 Å². The summed E-state index contributed by atoms with van der Waals surface area (Å²) in [5.74, 6) is -0.172. The summed E-state index contributed by atoms with van der Waals surface area (Å²) in [4.78, 5) is 15.4. The van der Waals surface area contributed by atoms with Gasteiger partial charge in [-0.3, -0.25) is 0 Å². The molecule has 0 spiro atoms. The molecular formula is C10H14N2O3. The van der Waals surface area contributed by atoms with E-state index in [9.17, 15) is 9.90 Å². The van der Waals surface area contributed by atoms with Gasteiger partial charge >= 0.3 is 5.97 Å². The Morgan fingerprint density at radius 3 is 3.00 bits per heavy atom. The molecule has 1 atom stereocenters. The number of imidazole rings is 1. The number of fused-ring (bicyclic) bond motifs is 1. The summed E-state index contributed by atoms with van der Waals surface area (Å²) in [6, 6.07) is 0. The number of aryl methyl sites for hydroxylation is 2. The van der Waals surface area contributed by atoms with Gasteiger partial charge in [0.25, 0.3) is 0 Å². The van der Waals surface area contributed by atoms with E-state index in [0.29, 0.717) is 31.5 Å². The molecule has 5 heteroatoms. The highest BCUT2D eigenvalue weighted by molar-refractivity contribution is 5.87. The average molecular weight is 210 g/mol. The van der Waals surface area contributed by atoms with Crippen molar-refractivity contribution >= 4 is 5.97 Å². The van der Waals surface area contributed by atoms with E-state index >= 15 is 0 Å². The molecule has 0 unspecified atom stereocenters. The van der Waals surface area contributed by atoms with Crippen molar-refractivity contribution in [2.24, 2.45) is 0 Å². The normalized spacial score (nSPS) is 20.0. The first-order valence-electron chi connectivity index (χ1n) is 5.13. The van der Waals surface area contributed by atoms with Crippen molar-refractivity contribution in [3.63, 3.8) is 0 Å². The predicted molar refractivity (Wildman–Crippen MR) is 52.9 cm³/mol. The zero-order valence-corrected chi connectivity index (χ0v) is 8.60. The minimum atomic E-state index is -0.959. The Bertz CT molecular complexity index is 398. The number of nitrogens with zero attached hydrogens (tertiary/aromatic N) is 2. The fraction of sp³-hybridized carbons (Fsp3) is 0.600. The van der Waals surface area contributed by atoms with Crippen molar-refractivity contribution in [1.82, 2.24) is 9.55 Å². The standard InChI is InChI=1S/C10H14N2O3/c1-2-7-9(10(14)15)12-5-6(13)3-4-8(12)11-7/h6,13H,2-5H2,1H3,(H,14,15)/t6-/m1/s1. The first kappa shape index (κ1) is 10.2. The Labute approximate surface area is 87.4 Å². The summed E-state index contributed by atoms with van der Waals surface area (Å²) in [7, 11) is 0. The molecule has 0 saturated heterocycles. The highest BCUT2D eigenvalue weighted by Crippen LogP contribution is 2.20. The Hall–Kier alpha value is -1.36. The maximum Gasteiger partial charge on any atom is 0.354 e. The molecule has 0 fully saturated rings. The lowest BCUT2D eigenvalue weighted by molar-refractivity contribution is 0.0673. The molecule has 0 saturated carbocycles. The third-order valence-electron chi connectivity index (χ3n) is 2.75. The van der Waals surface area contributed by atoms with Gasteiger partial charge in [-0.1, -0.05) is 6.92 Å². The molecule has 1 aromatic rings. The highest BCUT2D eigenvalue weighted by Gasteiger charge is 2.26. The van der Waals surface area contributed by atoms with Crippen molar-refractivity contribution in [3.8, 4) is 0 Å². The Morgan fingerprint density at radius 1 is 1.67 bits per heavy atom. The molecule has 2 rings (SSSR count). The second-order valence-electron chi connectivity index (χ2n) is 3.79. The van der Waals surface area contributed by atoms with Crippen molar-refractivity contribution in [2.75, 3.05) is 0 Å². The average Bonchev–Trinajstić information content (AvgIpc) is 2.55.